The summed E-state index contributed by atoms with van der Waals surface area (Å²) in [4.78, 5) is 27.2. The van der Waals surface area contributed by atoms with Crippen LogP contribution in [0.2, 0.25) is 0 Å². The number of carbonyl (C=O) groups excluding carboxylic acids is 2. The lowest BCUT2D eigenvalue weighted by Gasteiger charge is -2.14. The summed E-state index contributed by atoms with van der Waals surface area (Å²) in [7, 11) is 0. The Kier molecular flexibility index (Phi) is 6.19. The quantitative estimate of drug-likeness (QED) is 0.683. The zero-order valence-electron chi connectivity index (χ0n) is 14.5. The molecule has 1 fully saturated rings. The van der Waals surface area contributed by atoms with E-state index in [4.69, 9.17) is 5.73 Å². The number of nitrogen functional groups attached to an aromatic ring is 1. The van der Waals surface area contributed by atoms with Crippen LogP contribution in [0.25, 0.3) is 0 Å². The Labute approximate surface area is 156 Å². The van der Waals surface area contributed by atoms with Crippen LogP contribution in [0.1, 0.15) is 38.6 Å². The van der Waals surface area contributed by atoms with Crippen molar-refractivity contribution >= 4 is 29.0 Å². The lowest BCUT2D eigenvalue weighted by molar-refractivity contribution is 0.0946. The lowest BCUT2D eigenvalue weighted by atomic mass is 10.2. The zero-order chi connectivity index (χ0) is 18.4. The molecule has 0 radical (unpaired) electrons. The van der Waals surface area contributed by atoms with E-state index in [1.807, 2.05) is 30.3 Å². The van der Waals surface area contributed by atoms with Gasteiger partial charge in [-0.2, -0.15) is 4.37 Å². The van der Waals surface area contributed by atoms with Gasteiger partial charge in [0.2, 0.25) is 0 Å². The van der Waals surface area contributed by atoms with Crippen molar-refractivity contribution in [3.63, 3.8) is 0 Å². The molecular weight excluding hydrogens is 350 g/mol. The molecule has 0 atom stereocenters. The van der Waals surface area contributed by atoms with Crippen LogP contribution in [0.4, 0.5) is 5.69 Å². The molecule has 0 spiro atoms. The number of benzene rings is 1. The molecule has 8 heteroatoms. The van der Waals surface area contributed by atoms with Gasteiger partial charge in [0, 0.05) is 19.6 Å². The molecule has 1 aliphatic heterocycles. The fourth-order valence-corrected chi connectivity index (χ4v) is 3.61. The van der Waals surface area contributed by atoms with E-state index in [1.165, 1.54) is 12.8 Å². The van der Waals surface area contributed by atoms with Crippen LogP contribution in [0.15, 0.2) is 30.3 Å². The van der Waals surface area contributed by atoms with Gasteiger partial charge in [0.1, 0.15) is 4.88 Å². The standard InChI is InChI=1S/C18H23N5O2S/c19-14-15(17(24)21-12-13-6-2-1-3-7-13)22-26-16(14)18(25)20-8-11-23-9-4-5-10-23/h1-3,6-7H,4-5,8-12,19H2,(H,20,25)(H,21,24). The van der Waals surface area contributed by atoms with E-state index >= 15 is 0 Å². The van der Waals surface area contributed by atoms with Crippen LogP contribution in [0.3, 0.4) is 0 Å². The van der Waals surface area contributed by atoms with Gasteiger partial charge in [0.15, 0.2) is 5.69 Å². The summed E-state index contributed by atoms with van der Waals surface area (Å²) in [5.74, 6) is -0.653. The number of nitrogens with one attached hydrogen (secondary N) is 2. The predicted octanol–water partition coefficient (Wildman–Crippen LogP) is 1.48. The summed E-state index contributed by atoms with van der Waals surface area (Å²) in [6.45, 7) is 3.95. The van der Waals surface area contributed by atoms with Gasteiger partial charge in [-0.05, 0) is 43.0 Å². The number of likely N-dealkylation sites (tertiary alicyclic amines) is 1. The Morgan fingerprint density at radius 1 is 1.12 bits per heavy atom. The maximum absolute atomic E-state index is 12.3. The molecule has 1 aromatic carbocycles. The molecule has 1 saturated heterocycles. The molecule has 2 heterocycles. The lowest BCUT2D eigenvalue weighted by Crippen LogP contribution is -2.33. The number of nitrogens with zero attached hydrogens (tertiary/aromatic N) is 2. The third-order valence-corrected chi connectivity index (χ3v) is 5.22. The molecule has 0 saturated carbocycles. The van der Waals surface area contributed by atoms with Crippen LogP contribution in [0.5, 0.6) is 0 Å². The van der Waals surface area contributed by atoms with E-state index in [2.05, 4.69) is 19.9 Å². The third-order valence-electron chi connectivity index (χ3n) is 4.36. The molecule has 2 amide bonds. The minimum absolute atomic E-state index is 0.107. The van der Waals surface area contributed by atoms with Crippen LogP contribution < -0.4 is 16.4 Å². The second kappa shape index (κ2) is 8.77. The van der Waals surface area contributed by atoms with Crippen molar-refractivity contribution < 1.29 is 9.59 Å². The number of hydrogen-bond donors (Lipinski definition) is 3. The number of hydrogen-bond acceptors (Lipinski definition) is 6. The fourth-order valence-electron chi connectivity index (χ4n) is 2.90. The second-order valence-corrected chi connectivity index (χ2v) is 7.02. The highest BCUT2D eigenvalue weighted by Crippen LogP contribution is 2.21. The number of carbonyl (C=O) groups is 2. The SMILES string of the molecule is Nc1c(C(=O)NCc2ccccc2)nsc1C(=O)NCCN1CCCC1. The van der Waals surface area contributed by atoms with Crippen LogP contribution in [0, 0.1) is 0 Å². The molecule has 0 bridgehead atoms. The first-order chi connectivity index (χ1) is 12.6. The average molecular weight is 373 g/mol. The van der Waals surface area contributed by atoms with E-state index in [0.29, 0.717) is 13.1 Å². The minimum Gasteiger partial charge on any atom is -0.395 e. The van der Waals surface area contributed by atoms with Crippen molar-refractivity contribution in [1.82, 2.24) is 19.9 Å². The van der Waals surface area contributed by atoms with Crippen LogP contribution in [-0.4, -0.2) is 47.3 Å². The van der Waals surface area contributed by atoms with Gasteiger partial charge in [0.25, 0.3) is 11.8 Å². The molecule has 2 aromatic rings. The van der Waals surface area contributed by atoms with Gasteiger partial charge >= 0.3 is 0 Å². The molecule has 26 heavy (non-hydrogen) atoms. The van der Waals surface area contributed by atoms with E-state index in [9.17, 15) is 9.59 Å². The second-order valence-electron chi connectivity index (χ2n) is 6.25. The maximum Gasteiger partial charge on any atom is 0.273 e. The number of nitrogens with two attached hydrogens (primary N) is 1. The first kappa shape index (κ1) is 18.3. The molecule has 3 rings (SSSR count). The first-order valence-corrected chi connectivity index (χ1v) is 9.50. The summed E-state index contributed by atoms with van der Waals surface area (Å²) in [6.07, 6.45) is 2.44. The highest BCUT2D eigenvalue weighted by Gasteiger charge is 2.22. The highest BCUT2D eigenvalue weighted by molar-refractivity contribution is 7.09. The van der Waals surface area contributed by atoms with Crippen molar-refractivity contribution in [2.45, 2.75) is 19.4 Å². The largest absolute Gasteiger partial charge is 0.395 e. The molecule has 1 aromatic heterocycles. The molecular formula is C18H23N5O2S. The van der Waals surface area contributed by atoms with Crippen molar-refractivity contribution in [3.05, 3.63) is 46.5 Å². The smallest absolute Gasteiger partial charge is 0.273 e. The van der Waals surface area contributed by atoms with Crippen molar-refractivity contribution in [1.29, 1.82) is 0 Å². The highest BCUT2D eigenvalue weighted by atomic mass is 32.1. The van der Waals surface area contributed by atoms with Crippen molar-refractivity contribution in [3.8, 4) is 0 Å². The molecule has 1 aliphatic rings. The number of rotatable bonds is 7. The molecule has 0 unspecified atom stereocenters. The van der Waals surface area contributed by atoms with E-state index in [0.717, 1.165) is 36.7 Å². The van der Waals surface area contributed by atoms with E-state index < -0.39 is 0 Å². The van der Waals surface area contributed by atoms with Gasteiger partial charge in [0.05, 0.1) is 5.69 Å². The average Bonchev–Trinajstić information content (AvgIpc) is 3.30. The van der Waals surface area contributed by atoms with Crippen molar-refractivity contribution in [2.75, 3.05) is 31.9 Å². The van der Waals surface area contributed by atoms with E-state index in [-0.39, 0.29) is 28.1 Å². The van der Waals surface area contributed by atoms with Crippen LogP contribution >= 0.6 is 11.5 Å². The zero-order valence-corrected chi connectivity index (χ0v) is 15.3. The predicted molar refractivity (Wildman–Crippen MR) is 102 cm³/mol. The van der Waals surface area contributed by atoms with Gasteiger partial charge in [-0.25, -0.2) is 0 Å². The molecule has 7 nitrogen and oxygen atoms in total. The summed E-state index contributed by atoms with van der Waals surface area (Å²) in [5.41, 5.74) is 7.21. The normalized spacial score (nSPS) is 14.3. The van der Waals surface area contributed by atoms with Crippen LogP contribution in [-0.2, 0) is 6.54 Å². The van der Waals surface area contributed by atoms with E-state index in [1.54, 1.807) is 0 Å². The Balaban J connectivity index is 1.52. The Morgan fingerprint density at radius 3 is 2.58 bits per heavy atom. The van der Waals surface area contributed by atoms with Crippen molar-refractivity contribution in [2.24, 2.45) is 0 Å². The Morgan fingerprint density at radius 2 is 1.85 bits per heavy atom. The first-order valence-electron chi connectivity index (χ1n) is 8.73. The minimum atomic E-state index is -0.376. The van der Waals surface area contributed by atoms with Gasteiger partial charge in [-0.3, -0.25) is 9.59 Å². The molecule has 4 N–H and O–H groups in total. The number of aromatic nitrogens is 1. The third kappa shape index (κ3) is 4.59. The van der Waals surface area contributed by atoms with Gasteiger partial charge in [-0.15, -0.1) is 0 Å². The summed E-state index contributed by atoms with van der Waals surface area (Å²) < 4.78 is 4.07. The number of amides is 2. The monoisotopic (exact) mass is 373 g/mol. The molecule has 0 aliphatic carbocycles. The topological polar surface area (TPSA) is 100 Å². The van der Waals surface area contributed by atoms with Gasteiger partial charge < -0.3 is 21.3 Å². The number of anilines is 1. The van der Waals surface area contributed by atoms with Gasteiger partial charge in [-0.1, -0.05) is 30.3 Å². The summed E-state index contributed by atoms with van der Waals surface area (Å²) in [5, 5.41) is 5.63. The Hall–Kier alpha value is -2.45. The summed E-state index contributed by atoms with van der Waals surface area (Å²) in [6, 6.07) is 9.57. The summed E-state index contributed by atoms with van der Waals surface area (Å²) >= 11 is 0.955. The Bertz CT molecular complexity index is 756. The fraction of sp³-hybridized carbons (Fsp3) is 0.389. The maximum atomic E-state index is 12.3. The molecule has 138 valence electrons.